The smallest absolute Gasteiger partial charge is 0.345 e. The Morgan fingerprint density at radius 1 is 1.39 bits per heavy atom. The maximum Gasteiger partial charge on any atom is 0.345 e. The monoisotopic (exact) mass is 269 g/mol. The summed E-state index contributed by atoms with van der Waals surface area (Å²) >= 11 is 1.31. The first-order valence-corrected chi connectivity index (χ1v) is 7.18. The lowest BCUT2D eigenvalue weighted by atomic mass is 9.85. The molecule has 2 unspecified atom stereocenters. The van der Waals surface area contributed by atoms with Gasteiger partial charge in [0.15, 0.2) is 0 Å². The highest BCUT2D eigenvalue weighted by Crippen LogP contribution is 2.25. The Balaban J connectivity index is 1.87. The zero-order chi connectivity index (χ0) is 13.0. The van der Waals surface area contributed by atoms with Crippen molar-refractivity contribution < 1.29 is 15.0 Å². The van der Waals surface area contributed by atoms with E-state index in [-0.39, 0.29) is 6.61 Å². The average Bonchev–Trinajstić information content (AvgIpc) is 2.85. The van der Waals surface area contributed by atoms with Gasteiger partial charge in [-0.1, -0.05) is 12.8 Å². The number of carbonyl (C=O) groups is 1. The van der Waals surface area contributed by atoms with E-state index >= 15 is 0 Å². The number of hydrogen-bond donors (Lipinski definition) is 3. The summed E-state index contributed by atoms with van der Waals surface area (Å²) in [6, 6.07) is 3.87. The fourth-order valence-corrected chi connectivity index (χ4v) is 3.31. The molecule has 2 atom stereocenters. The summed E-state index contributed by atoms with van der Waals surface area (Å²) in [5, 5.41) is 21.6. The molecule has 100 valence electrons. The molecule has 0 bridgehead atoms. The molecule has 0 amide bonds. The molecular formula is C13H19NO3S. The van der Waals surface area contributed by atoms with Gasteiger partial charge in [-0.15, -0.1) is 11.3 Å². The van der Waals surface area contributed by atoms with Crippen LogP contribution < -0.4 is 5.32 Å². The van der Waals surface area contributed by atoms with E-state index in [2.05, 4.69) is 5.32 Å². The van der Waals surface area contributed by atoms with Crippen LogP contribution in [-0.2, 0) is 6.54 Å². The highest BCUT2D eigenvalue weighted by atomic mass is 32.1. The Labute approximate surface area is 111 Å². The lowest BCUT2D eigenvalue weighted by molar-refractivity contribution is 0.0702. The van der Waals surface area contributed by atoms with Crippen LogP contribution in [0.5, 0.6) is 0 Å². The second-order valence-electron chi connectivity index (χ2n) is 4.79. The van der Waals surface area contributed by atoms with Crippen molar-refractivity contribution in [2.45, 2.75) is 38.3 Å². The SMILES string of the molecule is O=C(O)c1ccc(CNC2CCCCC2CO)s1. The highest BCUT2D eigenvalue weighted by Gasteiger charge is 2.23. The van der Waals surface area contributed by atoms with Crippen molar-refractivity contribution in [3.63, 3.8) is 0 Å². The van der Waals surface area contributed by atoms with Crippen LogP contribution in [0.3, 0.4) is 0 Å². The minimum Gasteiger partial charge on any atom is -0.477 e. The second kappa shape index (κ2) is 6.31. The van der Waals surface area contributed by atoms with Crippen LogP contribution in [0, 0.1) is 5.92 Å². The molecule has 18 heavy (non-hydrogen) atoms. The first-order valence-electron chi connectivity index (χ1n) is 6.37. The molecule has 0 saturated heterocycles. The maximum absolute atomic E-state index is 10.8. The first-order chi connectivity index (χ1) is 8.70. The number of aromatic carboxylic acids is 1. The molecule has 4 nitrogen and oxygen atoms in total. The Kier molecular flexibility index (Phi) is 4.74. The number of aliphatic hydroxyl groups is 1. The van der Waals surface area contributed by atoms with Crippen LogP contribution in [0.4, 0.5) is 0 Å². The first kappa shape index (κ1) is 13.5. The number of carboxylic acids is 1. The van der Waals surface area contributed by atoms with Gasteiger partial charge in [-0.05, 0) is 30.9 Å². The predicted octanol–water partition coefficient (Wildman–Crippen LogP) is 2.09. The zero-order valence-corrected chi connectivity index (χ0v) is 11.1. The predicted molar refractivity (Wildman–Crippen MR) is 70.9 cm³/mol. The topological polar surface area (TPSA) is 69.6 Å². The van der Waals surface area contributed by atoms with Gasteiger partial charge in [0, 0.05) is 24.1 Å². The summed E-state index contributed by atoms with van der Waals surface area (Å²) in [6.45, 7) is 0.932. The Hall–Kier alpha value is -0.910. The number of nitrogens with one attached hydrogen (secondary N) is 1. The van der Waals surface area contributed by atoms with Crippen molar-refractivity contribution >= 4 is 17.3 Å². The number of thiophene rings is 1. The molecule has 1 heterocycles. The number of hydrogen-bond acceptors (Lipinski definition) is 4. The third-order valence-corrected chi connectivity index (χ3v) is 4.63. The molecule has 0 aliphatic heterocycles. The molecule has 1 aromatic heterocycles. The van der Waals surface area contributed by atoms with E-state index in [1.165, 1.54) is 24.2 Å². The van der Waals surface area contributed by atoms with Crippen molar-refractivity contribution in [3.05, 3.63) is 21.9 Å². The molecule has 1 aromatic rings. The van der Waals surface area contributed by atoms with Gasteiger partial charge in [-0.2, -0.15) is 0 Å². The third kappa shape index (κ3) is 3.31. The molecule has 0 aromatic carbocycles. The summed E-state index contributed by atoms with van der Waals surface area (Å²) in [6.07, 6.45) is 4.59. The Bertz CT molecular complexity index is 405. The van der Waals surface area contributed by atoms with Gasteiger partial charge in [-0.3, -0.25) is 0 Å². The fourth-order valence-electron chi connectivity index (χ4n) is 2.51. The van der Waals surface area contributed by atoms with Gasteiger partial charge >= 0.3 is 5.97 Å². The van der Waals surface area contributed by atoms with Crippen LogP contribution in [0.1, 0.15) is 40.2 Å². The van der Waals surface area contributed by atoms with Crippen LogP contribution in [0.15, 0.2) is 12.1 Å². The van der Waals surface area contributed by atoms with E-state index in [1.807, 2.05) is 6.07 Å². The molecule has 1 fully saturated rings. The van der Waals surface area contributed by atoms with Crippen molar-refractivity contribution in [2.24, 2.45) is 5.92 Å². The molecule has 0 radical (unpaired) electrons. The summed E-state index contributed by atoms with van der Waals surface area (Å²) < 4.78 is 0. The van der Waals surface area contributed by atoms with Gasteiger partial charge in [0.2, 0.25) is 0 Å². The summed E-state index contributed by atoms with van der Waals surface area (Å²) in [5.74, 6) is -0.519. The van der Waals surface area contributed by atoms with E-state index in [0.717, 1.165) is 17.7 Å². The third-order valence-electron chi connectivity index (χ3n) is 3.55. The van der Waals surface area contributed by atoms with E-state index in [1.54, 1.807) is 6.07 Å². The van der Waals surface area contributed by atoms with Gasteiger partial charge < -0.3 is 15.5 Å². The van der Waals surface area contributed by atoms with Crippen molar-refractivity contribution in [3.8, 4) is 0 Å². The molecular weight excluding hydrogens is 250 g/mol. The average molecular weight is 269 g/mol. The fraction of sp³-hybridized carbons (Fsp3) is 0.615. The largest absolute Gasteiger partial charge is 0.477 e. The van der Waals surface area contributed by atoms with E-state index in [0.29, 0.717) is 23.4 Å². The number of rotatable bonds is 5. The summed E-state index contributed by atoms with van der Waals surface area (Å²) in [7, 11) is 0. The number of carboxylic acid groups (broad SMARTS) is 1. The van der Waals surface area contributed by atoms with Crippen molar-refractivity contribution in [2.75, 3.05) is 6.61 Å². The van der Waals surface area contributed by atoms with E-state index in [9.17, 15) is 9.90 Å². The van der Waals surface area contributed by atoms with Gasteiger partial charge in [0.05, 0.1) is 0 Å². The van der Waals surface area contributed by atoms with Crippen LogP contribution in [-0.4, -0.2) is 28.8 Å². The van der Waals surface area contributed by atoms with E-state index in [4.69, 9.17) is 5.11 Å². The second-order valence-corrected chi connectivity index (χ2v) is 5.95. The molecule has 1 aliphatic rings. The summed E-state index contributed by atoms with van der Waals surface area (Å²) in [4.78, 5) is 12.2. The van der Waals surface area contributed by atoms with Crippen molar-refractivity contribution in [1.82, 2.24) is 5.32 Å². The zero-order valence-electron chi connectivity index (χ0n) is 10.3. The quantitative estimate of drug-likeness (QED) is 0.765. The van der Waals surface area contributed by atoms with Crippen molar-refractivity contribution in [1.29, 1.82) is 0 Å². The lowest BCUT2D eigenvalue weighted by Crippen LogP contribution is -2.39. The van der Waals surface area contributed by atoms with Crippen LogP contribution in [0.2, 0.25) is 0 Å². The van der Waals surface area contributed by atoms with Gasteiger partial charge in [-0.25, -0.2) is 4.79 Å². The number of aliphatic hydroxyl groups excluding tert-OH is 1. The Morgan fingerprint density at radius 2 is 2.17 bits per heavy atom. The molecule has 2 rings (SSSR count). The highest BCUT2D eigenvalue weighted by molar-refractivity contribution is 7.13. The molecule has 5 heteroatoms. The van der Waals surface area contributed by atoms with Gasteiger partial charge in [0.1, 0.15) is 4.88 Å². The lowest BCUT2D eigenvalue weighted by Gasteiger charge is -2.30. The molecule has 1 aliphatic carbocycles. The molecule has 1 saturated carbocycles. The van der Waals surface area contributed by atoms with Crippen LogP contribution in [0.25, 0.3) is 0 Å². The summed E-state index contributed by atoms with van der Waals surface area (Å²) in [5.41, 5.74) is 0. The van der Waals surface area contributed by atoms with Gasteiger partial charge in [0.25, 0.3) is 0 Å². The standard InChI is InChI=1S/C13H19NO3S/c15-8-9-3-1-2-4-11(9)14-7-10-5-6-12(18-10)13(16)17/h5-6,9,11,14-15H,1-4,7-8H2,(H,16,17). The minimum atomic E-state index is -0.864. The normalized spacial score (nSPS) is 24.1. The molecule has 3 N–H and O–H groups in total. The Morgan fingerprint density at radius 3 is 2.83 bits per heavy atom. The van der Waals surface area contributed by atoms with E-state index < -0.39 is 5.97 Å². The van der Waals surface area contributed by atoms with Crippen LogP contribution >= 0.6 is 11.3 Å². The molecule has 0 spiro atoms. The maximum atomic E-state index is 10.8. The minimum absolute atomic E-state index is 0.239.